The molecule has 0 N–H and O–H groups in total. The van der Waals surface area contributed by atoms with Crippen LogP contribution >= 0.6 is 0 Å². The van der Waals surface area contributed by atoms with E-state index in [0.717, 1.165) is 25.7 Å². The Labute approximate surface area is 84.6 Å². The SMILES string of the molecule is N#CC1CCCN(S(=O)(=O)C2CC2)C1. The third-order valence-electron chi connectivity index (χ3n) is 2.87. The lowest BCUT2D eigenvalue weighted by molar-refractivity contribution is 0.304. The standard InChI is InChI=1S/C9H14N2O2S/c10-6-8-2-1-5-11(7-8)14(12,13)9-3-4-9/h8-9H,1-5,7H2. The van der Waals surface area contributed by atoms with E-state index in [-0.39, 0.29) is 11.2 Å². The fourth-order valence-electron chi connectivity index (χ4n) is 1.86. The highest BCUT2D eigenvalue weighted by molar-refractivity contribution is 7.90. The van der Waals surface area contributed by atoms with Crippen LogP contribution in [0.3, 0.4) is 0 Å². The predicted molar refractivity (Wildman–Crippen MR) is 51.9 cm³/mol. The van der Waals surface area contributed by atoms with Crippen molar-refractivity contribution in [2.45, 2.75) is 30.9 Å². The molecule has 1 saturated heterocycles. The lowest BCUT2D eigenvalue weighted by Gasteiger charge is -2.28. The van der Waals surface area contributed by atoms with Gasteiger partial charge >= 0.3 is 0 Å². The molecule has 0 spiro atoms. The first kappa shape index (κ1) is 9.94. The smallest absolute Gasteiger partial charge is 0.212 e. The summed E-state index contributed by atoms with van der Waals surface area (Å²) in [4.78, 5) is 0. The lowest BCUT2D eigenvalue weighted by Crippen LogP contribution is -2.41. The summed E-state index contributed by atoms with van der Waals surface area (Å²) in [6.07, 6.45) is 3.27. The van der Waals surface area contributed by atoms with Gasteiger partial charge in [0.25, 0.3) is 0 Å². The van der Waals surface area contributed by atoms with Gasteiger partial charge in [-0.25, -0.2) is 12.7 Å². The molecule has 5 heteroatoms. The molecule has 1 heterocycles. The molecule has 1 atom stereocenters. The molecule has 1 aliphatic carbocycles. The maximum absolute atomic E-state index is 11.8. The van der Waals surface area contributed by atoms with E-state index < -0.39 is 10.0 Å². The molecular formula is C9H14N2O2S. The van der Waals surface area contributed by atoms with Crippen molar-refractivity contribution in [1.29, 1.82) is 5.26 Å². The summed E-state index contributed by atoms with van der Waals surface area (Å²) in [6.45, 7) is 1.02. The maximum Gasteiger partial charge on any atom is 0.217 e. The summed E-state index contributed by atoms with van der Waals surface area (Å²) < 4.78 is 25.2. The first-order chi connectivity index (χ1) is 6.64. The zero-order valence-electron chi connectivity index (χ0n) is 8.02. The number of hydrogen-bond acceptors (Lipinski definition) is 3. The Hall–Kier alpha value is -0.600. The van der Waals surface area contributed by atoms with Gasteiger partial charge in [-0.15, -0.1) is 0 Å². The number of rotatable bonds is 2. The van der Waals surface area contributed by atoms with Crippen LogP contribution in [0, 0.1) is 17.2 Å². The van der Waals surface area contributed by atoms with Crippen molar-refractivity contribution < 1.29 is 8.42 Å². The van der Waals surface area contributed by atoms with E-state index in [1.165, 1.54) is 4.31 Å². The van der Waals surface area contributed by atoms with Gasteiger partial charge in [0.2, 0.25) is 10.0 Å². The van der Waals surface area contributed by atoms with Gasteiger partial charge in [0, 0.05) is 13.1 Å². The van der Waals surface area contributed by atoms with Gasteiger partial charge in [0.1, 0.15) is 0 Å². The number of sulfonamides is 1. The van der Waals surface area contributed by atoms with E-state index in [9.17, 15) is 8.42 Å². The van der Waals surface area contributed by atoms with E-state index in [1.54, 1.807) is 0 Å². The quantitative estimate of drug-likeness (QED) is 0.680. The first-order valence-electron chi connectivity index (χ1n) is 5.03. The Morgan fingerprint density at radius 1 is 1.29 bits per heavy atom. The zero-order chi connectivity index (χ0) is 10.2. The number of nitriles is 1. The third-order valence-corrected chi connectivity index (χ3v) is 5.24. The van der Waals surface area contributed by atoms with E-state index in [2.05, 4.69) is 6.07 Å². The van der Waals surface area contributed by atoms with Gasteiger partial charge in [0.15, 0.2) is 0 Å². The molecule has 2 rings (SSSR count). The molecule has 1 saturated carbocycles. The third kappa shape index (κ3) is 1.77. The van der Waals surface area contributed by atoms with Crippen molar-refractivity contribution in [1.82, 2.24) is 4.31 Å². The molecule has 14 heavy (non-hydrogen) atoms. The molecule has 0 aromatic heterocycles. The molecule has 0 aromatic rings. The molecule has 78 valence electrons. The average molecular weight is 214 g/mol. The Bertz CT molecular complexity index is 353. The van der Waals surface area contributed by atoms with Crippen molar-refractivity contribution in [3.05, 3.63) is 0 Å². The highest BCUT2D eigenvalue weighted by Crippen LogP contribution is 2.32. The monoisotopic (exact) mass is 214 g/mol. The summed E-state index contributed by atoms with van der Waals surface area (Å²) in [7, 11) is -3.05. The van der Waals surface area contributed by atoms with Crippen molar-refractivity contribution in [3.8, 4) is 6.07 Å². The van der Waals surface area contributed by atoms with Crippen LogP contribution in [0.25, 0.3) is 0 Å². The van der Waals surface area contributed by atoms with Crippen LogP contribution in [0.15, 0.2) is 0 Å². The summed E-state index contributed by atoms with van der Waals surface area (Å²) in [5, 5.41) is 8.62. The highest BCUT2D eigenvalue weighted by atomic mass is 32.2. The van der Waals surface area contributed by atoms with E-state index >= 15 is 0 Å². The largest absolute Gasteiger partial charge is 0.217 e. The summed E-state index contributed by atoms with van der Waals surface area (Å²) >= 11 is 0. The molecule has 1 aliphatic heterocycles. The van der Waals surface area contributed by atoms with E-state index in [4.69, 9.17) is 5.26 Å². The van der Waals surface area contributed by atoms with Crippen LogP contribution in [0.4, 0.5) is 0 Å². The Morgan fingerprint density at radius 2 is 2.00 bits per heavy atom. The summed E-state index contributed by atoms with van der Waals surface area (Å²) in [5.41, 5.74) is 0. The van der Waals surface area contributed by atoms with E-state index in [1.807, 2.05) is 0 Å². The minimum atomic E-state index is -3.05. The molecule has 2 fully saturated rings. The summed E-state index contributed by atoms with van der Waals surface area (Å²) in [6, 6.07) is 2.16. The van der Waals surface area contributed by atoms with Gasteiger partial charge in [0.05, 0.1) is 17.2 Å². The average Bonchev–Trinajstić information content (AvgIpc) is 3.01. The Balaban J connectivity index is 2.07. The van der Waals surface area contributed by atoms with E-state index in [0.29, 0.717) is 13.1 Å². The van der Waals surface area contributed by atoms with Crippen LogP contribution < -0.4 is 0 Å². The molecule has 4 nitrogen and oxygen atoms in total. The Kier molecular flexibility index (Phi) is 2.50. The molecule has 1 unspecified atom stereocenters. The second kappa shape index (κ2) is 3.52. The second-order valence-electron chi connectivity index (χ2n) is 4.07. The molecule has 0 aromatic carbocycles. The number of piperidine rings is 1. The second-order valence-corrected chi connectivity index (χ2v) is 6.28. The molecule has 0 radical (unpaired) electrons. The van der Waals surface area contributed by atoms with Gasteiger partial charge in [-0.1, -0.05) is 0 Å². The first-order valence-corrected chi connectivity index (χ1v) is 6.53. The predicted octanol–water partition coefficient (Wildman–Crippen LogP) is 0.714. The fourth-order valence-corrected chi connectivity index (χ4v) is 3.78. The van der Waals surface area contributed by atoms with Crippen LogP contribution in [-0.4, -0.2) is 31.1 Å². The zero-order valence-corrected chi connectivity index (χ0v) is 8.83. The van der Waals surface area contributed by atoms with Crippen molar-refractivity contribution >= 4 is 10.0 Å². The fraction of sp³-hybridized carbons (Fsp3) is 0.889. The van der Waals surface area contributed by atoms with Crippen molar-refractivity contribution in [2.24, 2.45) is 5.92 Å². The normalized spacial score (nSPS) is 29.8. The van der Waals surface area contributed by atoms with Crippen LogP contribution in [0.2, 0.25) is 0 Å². The van der Waals surface area contributed by atoms with Gasteiger partial charge in [-0.2, -0.15) is 5.26 Å². The van der Waals surface area contributed by atoms with Crippen LogP contribution in [-0.2, 0) is 10.0 Å². The molecule has 2 aliphatic rings. The van der Waals surface area contributed by atoms with Crippen molar-refractivity contribution in [3.63, 3.8) is 0 Å². The highest BCUT2D eigenvalue weighted by Gasteiger charge is 2.41. The van der Waals surface area contributed by atoms with Crippen molar-refractivity contribution in [2.75, 3.05) is 13.1 Å². The van der Waals surface area contributed by atoms with Crippen LogP contribution in [0.1, 0.15) is 25.7 Å². The lowest BCUT2D eigenvalue weighted by atomic mass is 10.0. The number of hydrogen-bond donors (Lipinski definition) is 0. The maximum atomic E-state index is 11.8. The molecular weight excluding hydrogens is 200 g/mol. The topological polar surface area (TPSA) is 61.2 Å². The minimum Gasteiger partial charge on any atom is -0.212 e. The van der Waals surface area contributed by atoms with Gasteiger partial charge < -0.3 is 0 Å². The molecule has 0 bridgehead atoms. The Morgan fingerprint density at radius 3 is 2.57 bits per heavy atom. The minimum absolute atomic E-state index is 0.0997. The van der Waals surface area contributed by atoms with Crippen LogP contribution in [0.5, 0.6) is 0 Å². The van der Waals surface area contributed by atoms with Gasteiger partial charge in [-0.3, -0.25) is 0 Å². The summed E-state index contributed by atoms with van der Waals surface area (Å²) in [5.74, 6) is -0.0997. The number of nitrogens with zero attached hydrogens (tertiary/aromatic N) is 2. The van der Waals surface area contributed by atoms with Gasteiger partial charge in [-0.05, 0) is 25.7 Å². The molecule has 0 amide bonds.